The Kier molecular flexibility index (Phi) is 5.92. The second kappa shape index (κ2) is 7.49. The van der Waals surface area contributed by atoms with Gasteiger partial charge in [-0.1, -0.05) is 42.5 Å². The largest absolute Gasteiger partial charge is 0.340 e. The van der Waals surface area contributed by atoms with Gasteiger partial charge in [-0.2, -0.15) is 0 Å². The Labute approximate surface area is 110 Å². The van der Waals surface area contributed by atoms with E-state index in [0.29, 0.717) is 0 Å². The number of benzene rings is 1. The molecule has 96 valence electrons. The predicted molar refractivity (Wildman–Crippen MR) is 77.2 cm³/mol. The third-order valence-corrected chi connectivity index (χ3v) is 2.76. The van der Waals surface area contributed by atoms with Crippen molar-refractivity contribution in [3.05, 3.63) is 53.6 Å². The molecule has 0 aliphatic heterocycles. The Hall–Kier alpha value is -1.83. The van der Waals surface area contributed by atoms with Gasteiger partial charge >= 0.3 is 0 Å². The molecule has 0 saturated carbocycles. The van der Waals surface area contributed by atoms with E-state index < -0.39 is 0 Å². The van der Waals surface area contributed by atoms with Crippen LogP contribution in [-0.4, -0.2) is 23.9 Å². The molecule has 0 heterocycles. The molecule has 0 atom stereocenters. The number of hydrogen-bond donors (Lipinski definition) is 0. The van der Waals surface area contributed by atoms with Crippen LogP contribution in [0.2, 0.25) is 0 Å². The van der Waals surface area contributed by atoms with Gasteiger partial charge in [0.05, 0.1) is 0 Å². The number of rotatable bonds is 5. The topological polar surface area (TPSA) is 20.3 Å². The van der Waals surface area contributed by atoms with Crippen LogP contribution in [0.3, 0.4) is 0 Å². The summed E-state index contributed by atoms with van der Waals surface area (Å²) in [6, 6.07) is 10.1. The Morgan fingerprint density at radius 2 is 1.78 bits per heavy atom. The van der Waals surface area contributed by atoms with Crippen LogP contribution < -0.4 is 0 Å². The number of allylic oxidation sites excluding steroid dienone is 2. The van der Waals surface area contributed by atoms with Crippen molar-refractivity contribution < 1.29 is 4.79 Å². The average Bonchev–Trinajstić information content (AvgIpc) is 2.39. The quantitative estimate of drug-likeness (QED) is 0.572. The van der Waals surface area contributed by atoms with Crippen LogP contribution in [0.4, 0.5) is 0 Å². The fourth-order valence-electron chi connectivity index (χ4n) is 1.66. The molecule has 2 heteroatoms. The van der Waals surface area contributed by atoms with Crippen LogP contribution in [0.15, 0.2) is 48.1 Å². The van der Waals surface area contributed by atoms with E-state index in [1.54, 1.807) is 11.0 Å². The summed E-state index contributed by atoms with van der Waals surface area (Å²) >= 11 is 0. The molecule has 1 amide bonds. The van der Waals surface area contributed by atoms with E-state index in [2.05, 4.69) is 0 Å². The lowest BCUT2D eigenvalue weighted by atomic mass is 10.1. The minimum absolute atomic E-state index is 0.0789. The van der Waals surface area contributed by atoms with Crippen LogP contribution in [0.1, 0.15) is 26.3 Å². The first-order chi connectivity index (χ1) is 8.67. The van der Waals surface area contributed by atoms with E-state index in [4.69, 9.17) is 0 Å². The second-order valence-electron chi connectivity index (χ2n) is 4.14. The fourth-order valence-corrected chi connectivity index (χ4v) is 1.66. The standard InChI is InChI=1S/C16H21NO/c1-4-17(5-2)16(18)13-14(3)11-12-15-9-7-6-8-10-15/h6-13H,4-5H2,1-3H3/b12-11+,14-13-. The van der Waals surface area contributed by atoms with Crippen molar-refractivity contribution in [3.63, 3.8) is 0 Å². The number of carbonyl (C=O) groups excluding carboxylic acids is 1. The zero-order valence-electron chi connectivity index (χ0n) is 11.4. The van der Waals surface area contributed by atoms with E-state index in [1.807, 2.05) is 63.3 Å². The van der Waals surface area contributed by atoms with Gasteiger partial charge in [-0.3, -0.25) is 4.79 Å². The SMILES string of the molecule is CCN(CC)C(=O)/C=C(C)\C=C\c1ccccc1. The highest BCUT2D eigenvalue weighted by Gasteiger charge is 2.05. The normalized spacial score (nSPS) is 11.8. The summed E-state index contributed by atoms with van der Waals surface area (Å²) in [6.45, 7) is 7.43. The lowest BCUT2D eigenvalue weighted by Gasteiger charge is -2.16. The fraction of sp³-hybridized carbons (Fsp3) is 0.312. The maximum Gasteiger partial charge on any atom is 0.246 e. The highest BCUT2D eigenvalue weighted by molar-refractivity contribution is 5.88. The molecule has 2 nitrogen and oxygen atoms in total. The van der Waals surface area contributed by atoms with Gasteiger partial charge in [0.2, 0.25) is 5.91 Å². The van der Waals surface area contributed by atoms with Crippen LogP contribution >= 0.6 is 0 Å². The van der Waals surface area contributed by atoms with Gasteiger partial charge in [-0.05, 0) is 31.9 Å². The molecule has 0 unspecified atom stereocenters. The molecule has 0 aliphatic rings. The second-order valence-corrected chi connectivity index (χ2v) is 4.14. The Morgan fingerprint density at radius 1 is 1.17 bits per heavy atom. The van der Waals surface area contributed by atoms with E-state index in [-0.39, 0.29) is 5.91 Å². The zero-order chi connectivity index (χ0) is 13.4. The molecule has 0 N–H and O–H groups in total. The van der Waals surface area contributed by atoms with Crippen molar-refractivity contribution in [2.75, 3.05) is 13.1 Å². The molecule has 0 saturated heterocycles. The highest BCUT2D eigenvalue weighted by Crippen LogP contribution is 2.05. The molecular formula is C16H21NO. The Bertz CT molecular complexity index is 428. The summed E-state index contributed by atoms with van der Waals surface area (Å²) in [6.07, 6.45) is 5.67. The first-order valence-corrected chi connectivity index (χ1v) is 6.37. The van der Waals surface area contributed by atoms with Gasteiger partial charge in [0.1, 0.15) is 0 Å². The minimum Gasteiger partial charge on any atom is -0.340 e. The Morgan fingerprint density at radius 3 is 2.33 bits per heavy atom. The van der Waals surface area contributed by atoms with Gasteiger partial charge < -0.3 is 4.90 Å². The van der Waals surface area contributed by atoms with Crippen LogP contribution in [-0.2, 0) is 4.79 Å². The van der Waals surface area contributed by atoms with E-state index in [9.17, 15) is 4.79 Å². The van der Waals surface area contributed by atoms with Gasteiger partial charge in [0.15, 0.2) is 0 Å². The monoisotopic (exact) mass is 243 g/mol. The minimum atomic E-state index is 0.0789. The third kappa shape index (κ3) is 4.58. The summed E-state index contributed by atoms with van der Waals surface area (Å²) in [5.41, 5.74) is 2.11. The highest BCUT2D eigenvalue weighted by atomic mass is 16.2. The van der Waals surface area contributed by atoms with Crippen molar-refractivity contribution >= 4 is 12.0 Å². The molecule has 1 aromatic rings. The number of hydrogen-bond acceptors (Lipinski definition) is 1. The summed E-state index contributed by atoms with van der Waals surface area (Å²) in [4.78, 5) is 13.6. The van der Waals surface area contributed by atoms with Crippen LogP contribution in [0, 0.1) is 0 Å². The van der Waals surface area contributed by atoms with Gasteiger partial charge in [0.25, 0.3) is 0 Å². The number of likely N-dealkylation sites (N-methyl/N-ethyl adjacent to an activating group) is 1. The van der Waals surface area contributed by atoms with E-state index in [1.165, 1.54) is 0 Å². The Balaban J connectivity index is 2.67. The number of carbonyl (C=O) groups is 1. The average molecular weight is 243 g/mol. The molecule has 0 spiro atoms. The van der Waals surface area contributed by atoms with Gasteiger partial charge in [-0.25, -0.2) is 0 Å². The lowest BCUT2D eigenvalue weighted by molar-refractivity contribution is -0.125. The molecule has 1 aromatic carbocycles. The summed E-state index contributed by atoms with van der Waals surface area (Å²) in [5, 5.41) is 0. The van der Waals surface area contributed by atoms with Gasteiger partial charge in [-0.15, -0.1) is 0 Å². The smallest absolute Gasteiger partial charge is 0.246 e. The van der Waals surface area contributed by atoms with E-state index in [0.717, 1.165) is 24.2 Å². The first kappa shape index (κ1) is 14.2. The zero-order valence-corrected chi connectivity index (χ0v) is 11.4. The van der Waals surface area contributed by atoms with Crippen molar-refractivity contribution in [1.82, 2.24) is 4.90 Å². The summed E-state index contributed by atoms with van der Waals surface area (Å²) < 4.78 is 0. The molecule has 0 radical (unpaired) electrons. The molecule has 18 heavy (non-hydrogen) atoms. The molecule has 0 bridgehead atoms. The van der Waals surface area contributed by atoms with Gasteiger partial charge in [0, 0.05) is 19.2 Å². The van der Waals surface area contributed by atoms with Crippen molar-refractivity contribution in [2.45, 2.75) is 20.8 Å². The van der Waals surface area contributed by atoms with Crippen molar-refractivity contribution in [2.24, 2.45) is 0 Å². The maximum absolute atomic E-state index is 11.8. The number of amides is 1. The summed E-state index contributed by atoms with van der Waals surface area (Å²) in [7, 11) is 0. The molecule has 1 rings (SSSR count). The maximum atomic E-state index is 11.8. The van der Waals surface area contributed by atoms with Crippen LogP contribution in [0.25, 0.3) is 6.08 Å². The first-order valence-electron chi connectivity index (χ1n) is 6.37. The lowest BCUT2D eigenvalue weighted by Crippen LogP contribution is -2.28. The molecule has 0 aromatic heterocycles. The van der Waals surface area contributed by atoms with Crippen molar-refractivity contribution in [1.29, 1.82) is 0 Å². The predicted octanol–water partition coefficient (Wildman–Crippen LogP) is 3.51. The molecular weight excluding hydrogens is 222 g/mol. The van der Waals surface area contributed by atoms with Crippen LogP contribution in [0.5, 0.6) is 0 Å². The van der Waals surface area contributed by atoms with E-state index >= 15 is 0 Å². The number of nitrogens with zero attached hydrogens (tertiary/aromatic N) is 1. The molecule has 0 aliphatic carbocycles. The summed E-state index contributed by atoms with van der Waals surface area (Å²) in [5.74, 6) is 0.0789. The van der Waals surface area contributed by atoms with Crippen molar-refractivity contribution in [3.8, 4) is 0 Å². The third-order valence-electron chi connectivity index (χ3n) is 2.76. The molecule has 0 fully saturated rings.